The Morgan fingerprint density at radius 3 is 2.84 bits per heavy atom. The molecule has 0 unspecified atom stereocenters. The molecule has 1 aromatic carbocycles. The molecule has 2 heterocycles. The van der Waals surface area contributed by atoms with Gasteiger partial charge in [0.1, 0.15) is 5.82 Å². The number of hydrogen-bond acceptors (Lipinski definition) is 3. The first-order chi connectivity index (χ1) is 12.0. The van der Waals surface area contributed by atoms with Crippen molar-refractivity contribution in [2.45, 2.75) is 32.7 Å². The minimum Gasteiger partial charge on any atom is -0.275 e. The highest BCUT2D eigenvalue weighted by Crippen LogP contribution is 2.34. The van der Waals surface area contributed by atoms with E-state index in [2.05, 4.69) is 31.3 Å². The summed E-state index contributed by atoms with van der Waals surface area (Å²) < 4.78 is 17.9. The third-order valence-corrected chi connectivity index (χ3v) is 5.30. The molecule has 0 atom stereocenters. The van der Waals surface area contributed by atoms with Crippen LogP contribution in [0.4, 0.5) is 4.39 Å². The van der Waals surface area contributed by atoms with Gasteiger partial charge in [0.25, 0.3) is 0 Å². The monoisotopic (exact) mass is 403 g/mol. The molecule has 0 saturated heterocycles. The third-order valence-electron chi connectivity index (χ3n) is 4.56. The fraction of sp³-hybridized carbons (Fsp3) is 0.389. The van der Waals surface area contributed by atoms with E-state index in [9.17, 15) is 4.39 Å². The van der Waals surface area contributed by atoms with Crippen LogP contribution in [0.1, 0.15) is 29.8 Å². The van der Waals surface area contributed by atoms with Gasteiger partial charge in [-0.3, -0.25) is 4.68 Å². The number of rotatable bonds is 5. The summed E-state index contributed by atoms with van der Waals surface area (Å²) in [5.74, 6) is 0.464. The number of hydrogen-bond donors (Lipinski definition) is 0. The quantitative estimate of drug-likeness (QED) is 0.649. The Labute approximate surface area is 154 Å². The largest absolute Gasteiger partial charge is 0.275 e. The van der Waals surface area contributed by atoms with Gasteiger partial charge < -0.3 is 0 Å². The summed E-state index contributed by atoms with van der Waals surface area (Å²) in [5.41, 5.74) is 4.93. The van der Waals surface area contributed by atoms with Crippen LogP contribution in [0.3, 0.4) is 0 Å². The lowest BCUT2D eigenvalue weighted by molar-refractivity contribution is 0.548. The topological polar surface area (TPSA) is 48.5 Å². The molecule has 1 saturated carbocycles. The molecular formula is C18H19BrFN5. The number of benzene rings is 1. The molecule has 0 spiro atoms. The van der Waals surface area contributed by atoms with Crippen LogP contribution >= 0.6 is 15.9 Å². The molecule has 1 aliphatic carbocycles. The Bertz CT molecular complexity index is 926. The first-order valence-electron chi connectivity index (χ1n) is 8.38. The third kappa shape index (κ3) is 3.38. The molecule has 0 amide bonds. The van der Waals surface area contributed by atoms with Crippen molar-refractivity contribution in [1.29, 1.82) is 0 Å². The van der Waals surface area contributed by atoms with E-state index in [1.807, 2.05) is 29.5 Å². The van der Waals surface area contributed by atoms with Gasteiger partial charge in [0.05, 0.1) is 17.1 Å². The summed E-state index contributed by atoms with van der Waals surface area (Å²) >= 11 is 3.45. The number of aromatic nitrogens is 5. The molecular weight excluding hydrogens is 385 g/mol. The van der Waals surface area contributed by atoms with E-state index in [4.69, 9.17) is 0 Å². The minimum atomic E-state index is -0.251. The summed E-state index contributed by atoms with van der Waals surface area (Å²) in [4.78, 5) is 0. The molecule has 0 bridgehead atoms. The molecule has 7 heteroatoms. The maximum atomic E-state index is 13.4. The number of halogens is 2. The predicted molar refractivity (Wildman–Crippen MR) is 96.6 cm³/mol. The second-order valence-electron chi connectivity index (χ2n) is 6.72. The van der Waals surface area contributed by atoms with Crippen LogP contribution in [0.25, 0.3) is 11.3 Å². The molecule has 2 aromatic heterocycles. The predicted octanol–water partition coefficient (Wildman–Crippen LogP) is 3.89. The van der Waals surface area contributed by atoms with Crippen LogP contribution in [0.15, 0.2) is 28.9 Å². The molecule has 3 aromatic rings. The lowest BCUT2D eigenvalue weighted by Crippen LogP contribution is -2.05. The SMILES string of the molecule is Cc1nnn(CC2CC2)c1-c1cn(C)nc1Cc1ccc(F)cc1Br. The van der Waals surface area contributed by atoms with E-state index in [-0.39, 0.29) is 5.82 Å². The standard InChI is InChI=1S/C18H19BrFN5/c1-11-18(25(23-21-11)9-12-3-4-12)15-10-24(2)22-17(15)7-13-5-6-14(20)8-16(13)19/h5-6,8,10,12H,3-4,7,9H2,1-2H3. The van der Waals surface area contributed by atoms with E-state index in [0.29, 0.717) is 12.3 Å². The zero-order valence-electron chi connectivity index (χ0n) is 14.2. The maximum absolute atomic E-state index is 13.4. The first kappa shape index (κ1) is 16.4. The van der Waals surface area contributed by atoms with Crippen molar-refractivity contribution in [2.75, 3.05) is 0 Å². The van der Waals surface area contributed by atoms with Crippen LogP contribution in [0, 0.1) is 18.7 Å². The van der Waals surface area contributed by atoms with Crippen LogP contribution in [-0.2, 0) is 20.0 Å². The summed E-state index contributed by atoms with van der Waals surface area (Å²) in [7, 11) is 1.91. The van der Waals surface area contributed by atoms with Crippen molar-refractivity contribution in [2.24, 2.45) is 13.0 Å². The Balaban J connectivity index is 1.73. The maximum Gasteiger partial charge on any atom is 0.124 e. The smallest absolute Gasteiger partial charge is 0.124 e. The molecule has 1 fully saturated rings. The lowest BCUT2D eigenvalue weighted by atomic mass is 10.0. The van der Waals surface area contributed by atoms with Crippen molar-refractivity contribution in [3.8, 4) is 11.3 Å². The number of nitrogens with zero attached hydrogens (tertiary/aromatic N) is 5. The van der Waals surface area contributed by atoms with E-state index in [1.54, 1.807) is 6.07 Å². The Kier molecular flexibility index (Phi) is 4.19. The van der Waals surface area contributed by atoms with Gasteiger partial charge in [-0.05, 0) is 43.4 Å². The molecule has 0 N–H and O–H groups in total. The van der Waals surface area contributed by atoms with Gasteiger partial charge in [-0.25, -0.2) is 9.07 Å². The highest BCUT2D eigenvalue weighted by molar-refractivity contribution is 9.10. The summed E-state index contributed by atoms with van der Waals surface area (Å²) in [6.07, 6.45) is 5.16. The van der Waals surface area contributed by atoms with Crippen molar-refractivity contribution >= 4 is 15.9 Å². The van der Waals surface area contributed by atoms with E-state index >= 15 is 0 Å². The van der Waals surface area contributed by atoms with Crippen LogP contribution in [0.5, 0.6) is 0 Å². The molecule has 1 aliphatic rings. The summed E-state index contributed by atoms with van der Waals surface area (Å²) in [6.45, 7) is 2.89. The highest BCUT2D eigenvalue weighted by atomic mass is 79.9. The van der Waals surface area contributed by atoms with Crippen molar-refractivity contribution in [3.05, 3.63) is 51.6 Å². The van der Waals surface area contributed by atoms with Gasteiger partial charge in [-0.15, -0.1) is 5.10 Å². The summed E-state index contributed by atoms with van der Waals surface area (Å²) in [6, 6.07) is 4.76. The van der Waals surface area contributed by atoms with Crippen molar-refractivity contribution in [3.63, 3.8) is 0 Å². The van der Waals surface area contributed by atoms with Gasteiger partial charge in [0.15, 0.2) is 0 Å². The molecule has 0 aliphatic heterocycles. The Morgan fingerprint density at radius 1 is 1.32 bits per heavy atom. The van der Waals surface area contributed by atoms with Crippen LogP contribution in [-0.4, -0.2) is 24.8 Å². The van der Waals surface area contributed by atoms with E-state index in [0.717, 1.165) is 39.2 Å². The second-order valence-corrected chi connectivity index (χ2v) is 7.58. The molecule has 130 valence electrons. The van der Waals surface area contributed by atoms with Gasteiger partial charge >= 0.3 is 0 Å². The Morgan fingerprint density at radius 2 is 2.12 bits per heavy atom. The van der Waals surface area contributed by atoms with E-state index in [1.165, 1.54) is 25.0 Å². The molecule has 0 radical (unpaired) electrons. The van der Waals surface area contributed by atoms with Gasteiger partial charge in [-0.1, -0.05) is 27.2 Å². The zero-order valence-corrected chi connectivity index (χ0v) is 15.8. The normalized spacial score (nSPS) is 14.2. The van der Waals surface area contributed by atoms with Crippen molar-refractivity contribution in [1.82, 2.24) is 24.8 Å². The summed E-state index contributed by atoms with van der Waals surface area (Å²) in [5, 5.41) is 13.2. The van der Waals surface area contributed by atoms with Gasteiger partial charge in [0, 0.05) is 36.2 Å². The second kappa shape index (κ2) is 6.37. The highest BCUT2D eigenvalue weighted by Gasteiger charge is 2.26. The minimum absolute atomic E-state index is 0.251. The average Bonchev–Trinajstić information content (AvgIpc) is 3.20. The fourth-order valence-electron chi connectivity index (χ4n) is 3.11. The Hall–Kier alpha value is -2.02. The number of aryl methyl sites for hydroxylation is 2. The van der Waals surface area contributed by atoms with Crippen LogP contribution < -0.4 is 0 Å². The van der Waals surface area contributed by atoms with Crippen LogP contribution in [0.2, 0.25) is 0 Å². The zero-order chi connectivity index (χ0) is 17.6. The van der Waals surface area contributed by atoms with E-state index < -0.39 is 0 Å². The molecule has 4 rings (SSSR count). The first-order valence-corrected chi connectivity index (χ1v) is 9.17. The molecule has 5 nitrogen and oxygen atoms in total. The fourth-order valence-corrected chi connectivity index (χ4v) is 3.61. The average molecular weight is 404 g/mol. The van der Waals surface area contributed by atoms with Gasteiger partial charge in [0.2, 0.25) is 0 Å². The van der Waals surface area contributed by atoms with Gasteiger partial charge in [-0.2, -0.15) is 5.10 Å². The molecule has 25 heavy (non-hydrogen) atoms. The lowest BCUT2D eigenvalue weighted by Gasteiger charge is -2.08. The van der Waals surface area contributed by atoms with Crippen molar-refractivity contribution < 1.29 is 4.39 Å².